The van der Waals surface area contributed by atoms with E-state index < -0.39 is 23.3 Å². The lowest BCUT2D eigenvalue weighted by molar-refractivity contribution is -0.119. The number of likely N-dealkylation sites (N-methyl/N-ethyl adjacent to an activating group) is 1. The maximum atomic E-state index is 14.1. The number of aromatic nitrogens is 3. The van der Waals surface area contributed by atoms with Gasteiger partial charge in [-0.25, -0.2) is 18.9 Å². The number of carbonyl (C=O) groups is 2. The van der Waals surface area contributed by atoms with Crippen molar-refractivity contribution in [2.24, 2.45) is 0 Å². The highest BCUT2D eigenvalue weighted by molar-refractivity contribution is 6.00. The minimum Gasteiger partial charge on any atom is -0.462 e. The molecule has 0 bridgehead atoms. The molecule has 0 aliphatic carbocycles. The van der Waals surface area contributed by atoms with E-state index >= 15 is 0 Å². The number of benzene rings is 3. The number of amides is 1. The number of hydrogen-bond donors (Lipinski definition) is 0. The topological polar surface area (TPSA) is 108 Å². The van der Waals surface area contributed by atoms with Crippen molar-refractivity contribution < 1.29 is 23.1 Å². The van der Waals surface area contributed by atoms with Crippen LogP contribution in [0, 0.1) is 12.7 Å². The van der Waals surface area contributed by atoms with E-state index in [1.165, 1.54) is 41.3 Å². The first-order valence-electron chi connectivity index (χ1n) is 11.9. The van der Waals surface area contributed by atoms with Gasteiger partial charge in [0, 0.05) is 36.7 Å². The third-order valence-electron chi connectivity index (χ3n) is 6.09. The number of fused-ring (bicyclic) bond motifs is 2. The summed E-state index contributed by atoms with van der Waals surface area (Å²) in [5.74, 6) is -0.956. The lowest BCUT2D eigenvalue weighted by atomic mass is 10.0. The second-order valence-electron chi connectivity index (χ2n) is 8.64. The molecule has 2 aromatic heterocycles. The Kier molecular flexibility index (Phi) is 6.46. The van der Waals surface area contributed by atoms with E-state index in [1.807, 2.05) is 0 Å². The summed E-state index contributed by atoms with van der Waals surface area (Å²) in [4.78, 5) is 44.6. The van der Waals surface area contributed by atoms with Crippen LogP contribution < -0.4 is 10.5 Å². The van der Waals surface area contributed by atoms with Crippen molar-refractivity contribution in [1.29, 1.82) is 0 Å². The molecule has 0 aliphatic rings. The number of aryl methyl sites for hydroxylation is 1. The molecule has 10 heteroatoms. The van der Waals surface area contributed by atoms with Gasteiger partial charge in [-0.15, -0.1) is 0 Å². The molecule has 1 amide bonds. The maximum absolute atomic E-state index is 14.1. The SMILES string of the molecule is CCOC(=O)c1ccc2c(=O)n(CC(=O)N(C)c3ccc4nc(C)oc4c3)nc(-c3cccc(F)c3)c2c1. The Labute approximate surface area is 216 Å². The number of carbonyl (C=O) groups excluding carboxylic acids is 2. The Morgan fingerprint density at radius 1 is 1.08 bits per heavy atom. The van der Waals surface area contributed by atoms with Crippen LogP contribution in [-0.4, -0.2) is 40.3 Å². The summed E-state index contributed by atoms with van der Waals surface area (Å²) in [7, 11) is 1.58. The maximum Gasteiger partial charge on any atom is 0.338 e. The summed E-state index contributed by atoms with van der Waals surface area (Å²) in [5, 5.41) is 5.00. The van der Waals surface area contributed by atoms with Crippen LogP contribution in [0.5, 0.6) is 0 Å². The second-order valence-corrected chi connectivity index (χ2v) is 8.64. The van der Waals surface area contributed by atoms with Crippen LogP contribution in [0.1, 0.15) is 23.2 Å². The van der Waals surface area contributed by atoms with Crippen LogP contribution in [0.15, 0.2) is 69.9 Å². The predicted octanol–water partition coefficient (Wildman–Crippen LogP) is 4.49. The van der Waals surface area contributed by atoms with E-state index in [1.54, 1.807) is 45.2 Å². The zero-order valence-corrected chi connectivity index (χ0v) is 20.9. The molecule has 0 radical (unpaired) electrons. The van der Waals surface area contributed by atoms with E-state index in [9.17, 15) is 18.8 Å². The molecule has 0 aliphatic heterocycles. The zero-order chi connectivity index (χ0) is 27.0. The lowest BCUT2D eigenvalue weighted by Gasteiger charge is -2.18. The standard InChI is InChI=1S/C28H23FN4O5/c1-4-37-28(36)18-8-10-21-22(13-18)26(17-6-5-7-19(29)12-17)31-33(27(21)35)15-25(34)32(3)20-9-11-23-24(14-20)38-16(2)30-23/h5-14H,4,15H2,1-3H3. The highest BCUT2D eigenvalue weighted by Gasteiger charge is 2.20. The minimum absolute atomic E-state index is 0.187. The summed E-state index contributed by atoms with van der Waals surface area (Å²) in [6.45, 7) is 3.24. The molecular formula is C28H23FN4O5. The van der Waals surface area contributed by atoms with Crippen LogP contribution in [0.4, 0.5) is 10.1 Å². The van der Waals surface area contributed by atoms with Crippen molar-refractivity contribution in [2.75, 3.05) is 18.6 Å². The van der Waals surface area contributed by atoms with Crippen molar-refractivity contribution in [3.63, 3.8) is 0 Å². The molecule has 9 nitrogen and oxygen atoms in total. The third-order valence-corrected chi connectivity index (χ3v) is 6.09. The quantitative estimate of drug-likeness (QED) is 0.307. The molecule has 38 heavy (non-hydrogen) atoms. The van der Waals surface area contributed by atoms with Crippen molar-refractivity contribution in [3.05, 3.63) is 88.3 Å². The average Bonchev–Trinajstić information content (AvgIpc) is 3.28. The third kappa shape index (κ3) is 4.63. The van der Waals surface area contributed by atoms with Crippen LogP contribution >= 0.6 is 0 Å². The Balaban J connectivity index is 1.57. The largest absolute Gasteiger partial charge is 0.462 e. The van der Waals surface area contributed by atoms with E-state index in [0.29, 0.717) is 33.6 Å². The molecule has 0 saturated carbocycles. The Morgan fingerprint density at radius 3 is 2.66 bits per heavy atom. The fourth-order valence-electron chi connectivity index (χ4n) is 4.20. The van der Waals surface area contributed by atoms with Gasteiger partial charge in [-0.1, -0.05) is 12.1 Å². The van der Waals surface area contributed by atoms with Gasteiger partial charge in [0.05, 0.1) is 23.3 Å². The molecule has 0 fully saturated rings. The first-order valence-corrected chi connectivity index (χ1v) is 11.9. The number of anilines is 1. The van der Waals surface area contributed by atoms with Gasteiger partial charge in [-0.05, 0) is 49.4 Å². The minimum atomic E-state index is -0.556. The van der Waals surface area contributed by atoms with Crippen molar-refractivity contribution in [1.82, 2.24) is 14.8 Å². The highest BCUT2D eigenvalue weighted by atomic mass is 19.1. The number of rotatable bonds is 6. The number of ether oxygens (including phenoxy) is 1. The van der Waals surface area contributed by atoms with Gasteiger partial charge in [-0.3, -0.25) is 9.59 Å². The van der Waals surface area contributed by atoms with Crippen molar-refractivity contribution in [3.8, 4) is 11.3 Å². The summed E-state index contributed by atoms with van der Waals surface area (Å²) in [5.41, 5.74) is 2.09. The predicted molar refractivity (Wildman–Crippen MR) is 140 cm³/mol. The number of esters is 1. The monoisotopic (exact) mass is 514 g/mol. The zero-order valence-electron chi connectivity index (χ0n) is 20.9. The van der Waals surface area contributed by atoms with Crippen LogP contribution in [0.2, 0.25) is 0 Å². The van der Waals surface area contributed by atoms with Crippen molar-refractivity contribution >= 4 is 39.4 Å². The molecule has 0 saturated heterocycles. The molecule has 192 valence electrons. The molecule has 3 aromatic carbocycles. The molecule has 0 N–H and O–H groups in total. The van der Waals surface area contributed by atoms with E-state index in [2.05, 4.69) is 10.1 Å². The molecule has 5 aromatic rings. The van der Waals surface area contributed by atoms with Crippen LogP contribution in [0.3, 0.4) is 0 Å². The second kappa shape index (κ2) is 9.89. The summed E-state index contributed by atoms with van der Waals surface area (Å²) < 4.78 is 25.8. The fraction of sp³-hybridized carbons (Fsp3) is 0.179. The molecule has 5 rings (SSSR count). The van der Waals surface area contributed by atoms with Crippen molar-refractivity contribution in [2.45, 2.75) is 20.4 Å². The van der Waals surface area contributed by atoms with Gasteiger partial charge in [-0.2, -0.15) is 5.10 Å². The van der Waals surface area contributed by atoms with Gasteiger partial charge in [0.1, 0.15) is 17.9 Å². The number of nitrogens with zero attached hydrogens (tertiary/aromatic N) is 4. The smallest absolute Gasteiger partial charge is 0.338 e. The fourth-order valence-corrected chi connectivity index (χ4v) is 4.20. The molecule has 0 atom stereocenters. The first-order chi connectivity index (χ1) is 18.2. The lowest BCUT2D eigenvalue weighted by Crippen LogP contribution is -2.35. The molecule has 0 spiro atoms. The number of hydrogen-bond acceptors (Lipinski definition) is 7. The molecule has 0 unspecified atom stereocenters. The average molecular weight is 515 g/mol. The highest BCUT2D eigenvalue weighted by Crippen LogP contribution is 2.27. The van der Waals surface area contributed by atoms with Gasteiger partial charge in [0.25, 0.3) is 5.56 Å². The van der Waals surface area contributed by atoms with Gasteiger partial charge in [0.15, 0.2) is 11.5 Å². The van der Waals surface area contributed by atoms with Gasteiger partial charge in [0.2, 0.25) is 5.91 Å². The van der Waals surface area contributed by atoms with Gasteiger partial charge < -0.3 is 14.1 Å². The number of oxazole rings is 1. The molecule has 2 heterocycles. The van der Waals surface area contributed by atoms with Gasteiger partial charge >= 0.3 is 5.97 Å². The van der Waals surface area contributed by atoms with Crippen LogP contribution in [-0.2, 0) is 16.1 Å². The summed E-state index contributed by atoms with van der Waals surface area (Å²) in [6, 6.07) is 15.3. The Morgan fingerprint density at radius 2 is 1.89 bits per heavy atom. The summed E-state index contributed by atoms with van der Waals surface area (Å²) in [6.07, 6.45) is 0. The Bertz CT molecular complexity index is 1780. The Hall–Kier alpha value is -4.86. The van der Waals surface area contributed by atoms with E-state index in [4.69, 9.17) is 9.15 Å². The summed E-state index contributed by atoms with van der Waals surface area (Å²) >= 11 is 0. The molecular weight excluding hydrogens is 491 g/mol. The van der Waals surface area contributed by atoms with Crippen LogP contribution in [0.25, 0.3) is 33.1 Å². The van der Waals surface area contributed by atoms with E-state index in [-0.39, 0.29) is 29.8 Å². The normalized spacial score (nSPS) is 11.2. The van der Waals surface area contributed by atoms with E-state index in [0.717, 1.165) is 4.68 Å². The first kappa shape index (κ1) is 24.8. The number of halogens is 1.